The topological polar surface area (TPSA) is 83.8 Å². The molecule has 6 heteroatoms. The predicted molar refractivity (Wildman–Crippen MR) is 49.5 cm³/mol. The van der Waals surface area contributed by atoms with E-state index in [2.05, 4.69) is 0 Å². The molecule has 0 amide bonds. The van der Waals surface area contributed by atoms with Gasteiger partial charge in [0, 0.05) is 5.56 Å². The smallest absolute Gasteiger partial charge is 0.296 e. The molecule has 0 heterocycles. The average Bonchev–Trinajstić information content (AvgIpc) is 2.15. The van der Waals surface area contributed by atoms with Crippen LogP contribution in [0.3, 0.4) is 0 Å². The number of ether oxygens (including phenoxy) is 1. The fourth-order valence-corrected chi connectivity index (χ4v) is 1.55. The number of aliphatic hydroxyl groups is 1. The lowest BCUT2D eigenvalue weighted by molar-refractivity contribution is 0.233. The first-order valence-corrected chi connectivity index (χ1v) is 5.24. The van der Waals surface area contributed by atoms with Crippen LogP contribution < -0.4 is 4.74 Å². The third kappa shape index (κ3) is 2.22. The first kappa shape index (κ1) is 11.0. The standard InChI is InChI=1S/C8H10O5S/c1-13-7-5-3-2-4-6(7)8(9)14(10,11)12/h2-5,8-9H,1H3,(H,10,11,12)/t8-/m1/s1. The first-order valence-electron chi connectivity index (χ1n) is 3.74. The average molecular weight is 218 g/mol. The SMILES string of the molecule is COc1ccccc1[C@H](O)S(=O)(=O)O. The number of rotatable bonds is 3. The van der Waals surface area contributed by atoms with E-state index in [9.17, 15) is 13.5 Å². The van der Waals surface area contributed by atoms with Gasteiger partial charge in [0.2, 0.25) is 5.44 Å². The first-order chi connectivity index (χ1) is 6.46. The second kappa shape index (κ2) is 3.95. The minimum absolute atomic E-state index is 0.0116. The van der Waals surface area contributed by atoms with Gasteiger partial charge in [-0.2, -0.15) is 8.42 Å². The van der Waals surface area contributed by atoms with Gasteiger partial charge >= 0.3 is 0 Å². The number of methoxy groups -OCH3 is 1. The molecule has 1 atom stereocenters. The largest absolute Gasteiger partial charge is 0.496 e. The molecule has 0 fully saturated rings. The van der Waals surface area contributed by atoms with Gasteiger partial charge in [-0.15, -0.1) is 0 Å². The highest BCUT2D eigenvalue weighted by Crippen LogP contribution is 2.27. The van der Waals surface area contributed by atoms with E-state index in [4.69, 9.17) is 9.29 Å². The minimum Gasteiger partial charge on any atom is -0.496 e. The zero-order valence-corrected chi connectivity index (χ0v) is 8.23. The van der Waals surface area contributed by atoms with Gasteiger partial charge in [0.05, 0.1) is 7.11 Å². The molecule has 2 N–H and O–H groups in total. The lowest BCUT2D eigenvalue weighted by Gasteiger charge is -2.11. The van der Waals surface area contributed by atoms with Crippen LogP contribution in [0.25, 0.3) is 0 Å². The zero-order chi connectivity index (χ0) is 10.8. The Labute approximate surface area is 81.7 Å². The van der Waals surface area contributed by atoms with E-state index in [-0.39, 0.29) is 11.3 Å². The minimum atomic E-state index is -4.51. The van der Waals surface area contributed by atoms with Crippen LogP contribution >= 0.6 is 0 Å². The molecular formula is C8H10O5S. The lowest BCUT2D eigenvalue weighted by atomic mass is 10.2. The molecule has 0 saturated heterocycles. The second-order valence-electron chi connectivity index (χ2n) is 2.61. The third-order valence-corrected chi connectivity index (χ3v) is 2.51. The van der Waals surface area contributed by atoms with Gasteiger partial charge in [0.25, 0.3) is 10.1 Å². The van der Waals surface area contributed by atoms with Crippen molar-refractivity contribution in [2.45, 2.75) is 5.44 Å². The summed E-state index contributed by atoms with van der Waals surface area (Å²) in [7, 11) is -3.17. The normalized spacial score (nSPS) is 13.6. The highest BCUT2D eigenvalue weighted by atomic mass is 32.2. The van der Waals surface area contributed by atoms with Gasteiger partial charge in [-0.05, 0) is 6.07 Å². The van der Waals surface area contributed by atoms with E-state index >= 15 is 0 Å². The Morgan fingerprint density at radius 1 is 1.36 bits per heavy atom. The van der Waals surface area contributed by atoms with Crippen molar-refractivity contribution >= 4 is 10.1 Å². The summed E-state index contributed by atoms with van der Waals surface area (Å²) >= 11 is 0. The molecule has 0 bridgehead atoms. The Balaban J connectivity index is 3.19. The van der Waals surface area contributed by atoms with Gasteiger partial charge in [0.1, 0.15) is 5.75 Å². The highest BCUT2D eigenvalue weighted by molar-refractivity contribution is 7.85. The van der Waals surface area contributed by atoms with Crippen LogP contribution in [0.4, 0.5) is 0 Å². The van der Waals surface area contributed by atoms with Gasteiger partial charge in [-0.3, -0.25) is 4.55 Å². The fourth-order valence-electron chi connectivity index (χ4n) is 1.03. The molecule has 0 aliphatic rings. The van der Waals surface area contributed by atoms with Crippen molar-refractivity contribution in [3.63, 3.8) is 0 Å². The number of aliphatic hydroxyl groups excluding tert-OH is 1. The Morgan fingerprint density at radius 2 is 1.93 bits per heavy atom. The van der Waals surface area contributed by atoms with Gasteiger partial charge < -0.3 is 9.84 Å². The molecule has 0 radical (unpaired) electrons. The van der Waals surface area contributed by atoms with E-state index in [1.807, 2.05) is 0 Å². The van der Waals surface area contributed by atoms with Crippen molar-refractivity contribution in [2.75, 3.05) is 7.11 Å². The number of hydrogen-bond acceptors (Lipinski definition) is 4. The van der Waals surface area contributed by atoms with Crippen molar-refractivity contribution < 1.29 is 22.8 Å². The van der Waals surface area contributed by atoms with Crippen LogP contribution in [0, 0.1) is 0 Å². The lowest BCUT2D eigenvalue weighted by Crippen LogP contribution is -2.12. The summed E-state index contributed by atoms with van der Waals surface area (Å²) in [6.45, 7) is 0. The molecule has 0 saturated carbocycles. The molecule has 0 aliphatic heterocycles. The van der Waals surface area contributed by atoms with Crippen LogP contribution in [0.1, 0.15) is 11.0 Å². The molecule has 78 valence electrons. The maximum Gasteiger partial charge on any atom is 0.296 e. The van der Waals surface area contributed by atoms with Crippen LogP contribution in [0.15, 0.2) is 24.3 Å². The van der Waals surface area contributed by atoms with E-state index in [1.54, 1.807) is 6.07 Å². The number of para-hydroxylation sites is 1. The molecule has 0 unspecified atom stereocenters. The summed E-state index contributed by atoms with van der Waals surface area (Å²) in [5.41, 5.74) is -1.96. The zero-order valence-electron chi connectivity index (χ0n) is 7.41. The summed E-state index contributed by atoms with van der Waals surface area (Å²) < 4.78 is 34.8. The Bertz CT molecular complexity index is 411. The monoisotopic (exact) mass is 218 g/mol. The second-order valence-corrected chi connectivity index (χ2v) is 4.09. The molecule has 14 heavy (non-hydrogen) atoms. The van der Waals surface area contributed by atoms with Crippen LogP contribution in [0.2, 0.25) is 0 Å². The summed E-state index contributed by atoms with van der Waals surface area (Å²) in [4.78, 5) is 0. The Hall–Kier alpha value is -1.11. The molecular weight excluding hydrogens is 208 g/mol. The molecule has 1 rings (SSSR count). The van der Waals surface area contributed by atoms with Crippen molar-refractivity contribution in [3.05, 3.63) is 29.8 Å². The van der Waals surface area contributed by atoms with E-state index in [1.165, 1.54) is 25.3 Å². The van der Waals surface area contributed by atoms with Crippen molar-refractivity contribution in [1.29, 1.82) is 0 Å². The Morgan fingerprint density at radius 3 is 2.43 bits per heavy atom. The van der Waals surface area contributed by atoms with Crippen molar-refractivity contribution in [1.82, 2.24) is 0 Å². The van der Waals surface area contributed by atoms with Crippen molar-refractivity contribution in [2.24, 2.45) is 0 Å². The van der Waals surface area contributed by atoms with E-state index in [0.29, 0.717) is 0 Å². The third-order valence-electron chi connectivity index (χ3n) is 1.69. The quantitative estimate of drug-likeness (QED) is 0.725. The highest BCUT2D eigenvalue weighted by Gasteiger charge is 2.24. The fraction of sp³-hybridized carbons (Fsp3) is 0.250. The van der Waals surface area contributed by atoms with Gasteiger partial charge in [0.15, 0.2) is 0 Å². The summed E-state index contributed by atoms with van der Waals surface area (Å²) in [5, 5.41) is 9.25. The summed E-state index contributed by atoms with van der Waals surface area (Å²) in [6, 6.07) is 6.01. The van der Waals surface area contributed by atoms with Crippen LogP contribution in [-0.2, 0) is 10.1 Å². The van der Waals surface area contributed by atoms with Gasteiger partial charge in [-0.1, -0.05) is 18.2 Å². The molecule has 1 aromatic carbocycles. The van der Waals surface area contributed by atoms with E-state index in [0.717, 1.165) is 0 Å². The summed E-state index contributed by atoms with van der Waals surface area (Å²) in [6.07, 6.45) is 0. The molecule has 0 spiro atoms. The molecule has 0 aliphatic carbocycles. The van der Waals surface area contributed by atoms with Crippen LogP contribution in [-0.4, -0.2) is 25.2 Å². The molecule has 0 aromatic heterocycles. The Kier molecular flexibility index (Phi) is 3.10. The maximum atomic E-state index is 10.6. The molecule has 1 aromatic rings. The van der Waals surface area contributed by atoms with Crippen molar-refractivity contribution in [3.8, 4) is 5.75 Å². The number of benzene rings is 1. The van der Waals surface area contributed by atoms with E-state index < -0.39 is 15.6 Å². The maximum absolute atomic E-state index is 10.6. The summed E-state index contributed by atoms with van der Waals surface area (Å²) in [5.74, 6) is 0.206. The molecule has 5 nitrogen and oxygen atoms in total. The predicted octanol–water partition coefficient (Wildman–Crippen LogP) is 0.574. The van der Waals surface area contributed by atoms with Gasteiger partial charge in [-0.25, -0.2) is 0 Å². The van der Waals surface area contributed by atoms with Crippen LogP contribution in [0.5, 0.6) is 5.75 Å². The number of hydrogen-bond donors (Lipinski definition) is 2.